The SMILES string of the molecule is Fc1cccc(C2CNCCN2Cc2ncc(Br)s2)c1. The van der Waals surface area contributed by atoms with E-state index in [1.165, 1.54) is 6.07 Å². The van der Waals surface area contributed by atoms with E-state index in [0.29, 0.717) is 0 Å². The van der Waals surface area contributed by atoms with Crippen LogP contribution in [0.1, 0.15) is 16.6 Å². The Morgan fingerprint density at radius 2 is 2.40 bits per heavy atom. The van der Waals surface area contributed by atoms with Crippen LogP contribution < -0.4 is 5.32 Å². The van der Waals surface area contributed by atoms with Crippen molar-refractivity contribution in [3.63, 3.8) is 0 Å². The summed E-state index contributed by atoms with van der Waals surface area (Å²) in [5, 5.41) is 4.47. The van der Waals surface area contributed by atoms with Gasteiger partial charge in [0, 0.05) is 25.7 Å². The molecule has 20 heavy (non-hydrogen) atoms. The van der Waals surface area contributed by atoms with Gasteiger partial charge in [-0.25, -0.2) is 9.37 Å². The Labute approximate surface area is 130 Å². The molecular formula is C14H15BrFN3S. The molecule has 1 aromatic carbocycles. The zero-order valence-corrected chi connectivity index (χ0v) is 13.3. The Morgan fingerprint density at radius 3 is 3.15 bits per heavy atom. The van der Waals surface area contributed by atoms with Crippen LogP contribution in [0.25, 0.3) is 0 Å². The van der Waals surface area contributed by atoms with Crippen LogP contribution in [0.2, 0.25) is 0 Å². The molecular weight excluding hydrogens is 341 g/mol. The van der Waals surface area contributed by atoms with Gasteiger partial charge in [-0.2, -0.15) is 0 Å². The van der Waals surface area contributed by atoms with Crippen LogP contribution in [0.15, 0.2) is 34.2 Å². The first kappa shape index (κ1) is 14.1. The second-order valence-corrected chi connectivity index (χ2v) is 7.30. The minimum atomic E-state index is -0.176. The molecule has 2 aromatic rings. The maximum absolute atomic E-state index is 13.4. The first-order valence-electron chi connectivity index (χ1n) is 6.53. The molecule has 106 valence electrons. The van der Waals surface area contributed by atoms with E-state index in [4.69, 9.17) is 0 Å². The van der Waals surface area contributed by atoms with Gasteiger partial charge >= 0.3 is 0 Å². The van der Waals surface area contributed by atoms with Gasteiger partial charge in [0.25, 0.3) is 0 Å². The summed E-state index contributed by atoms with van der Waals surface area (Å²) in [6.07, 6.45) is 1.83. The number of halogens is 2. The summed E-state index contributed by atoms with van der Waals surface area (Å²) in [6, 6.07) is 7.08. The molecule has 3 nitrogen and oxygen atoms in total. The van der Waals surface area contributed by atoms with E-state index in [-0.39, 0.29) is 11.9 Å². The van der Waals surface area contributed by atoms with Crippen molar-refractivity contribution >= 4 is 27.3 Å². The van der Waals surface area contributed by atoms with Gasteiger partial charge in [-0.05, 0) is 33.6 Å². The summed E-state index contributed by atoms with van der Waals surface area (Å²) in [4.78, 5) is 6.75. The number of hydrogen-bond acceptors (Lipinski definition) is 4. The van der Waals surface area contributed by atoms with Crippen molar-refractivity contribution in [3.05, 3.63) is 50.6 Å². The van der Waals surface area contributed by atoms with Gasteiger partial charge in [0.2, 0.25) is 0 Å². The second kappa shape index (κ2) is 6.30. The Balaban J connectivity index is 1.80. The largest absolute Gasteiger partial charge is 0.314 e. The van der Waals surface area contributed by atoms with Crippen LogP contribution in [0.4, 0.5) is 4.39 Å². The van der Waals surface area contributed by atoms with E-state index in [1.54, 1.807) is 23.5 Å². The monoisotopic (exact) mass is 355 g/mol. The van der Waals surface area contributed by atoms with Crippen LogP contribution in [-0.2, 0) is 6.54 Å². The number of rotatable bonds is 3. The summed E-state index contributed by atoms with van der Waals surface area (Å²) in [5.74, 6) is -0.176. The predicted molar refractivity (Wildman–Crippen MR) is 82.2 cm³/mol. The van der Waals surface area contributed by atoms with Gasteiger partial charge < -0.3 is 5.32 Å². The average Bonchev–Trinajstić information content (AvgIpc) is 2.85. The van der Waals surface area contributed by atoms with Gasteiger partial charge in [-0.3, -0.25) is 4.90 Å². The van der Waals surface area contributed by atoms with Gasteiger partial charge in [-0.1, -0.05) is 12.1 Å². The van der Waals surface area contributed by atoms with Crippen molar-refractivity contribution < 1.29 is 4.39 Å². The summed E-state index contributed by atoms with van der Waals surface area (Å²) in [7, 11) is 0. The summed E-state index contributed by atoms with van der Waals surface area (Å²) < 4.78 is 14.5. The zero-order chi connectivity index (χ0) is 13.9. The van der Waals surface area contributed by atoms with Crippen LogP contribution in [0, 0.1) is 5.82 Å². The Morgan fingerprint density at radius 1 is 1.50 bits per heavy atom. The summed E-state index contributed by atoms with van der Waals surface area (Å²) in [6.45, 7) is 3.55. The lowest BCUT2D eigenvalue weighted by molar-refractivity contribution is 0.153. The van der Waals surface area contributed by atoms with Crippen molar-refractivity contribution in [1.82, 2.24) is 15.2 Å². The number of thiazole rings is 1. The molecule has 1 fully saturated rings. The first-order chi connectivity index (χ1) is 9.72. The highest BCUT2D eigenvalue weighted by molar-refractivity contribution is 9.11. The number of nitrogens with zero attached hydrogens (tertiary/aromatic N) is 2. The second-order valence-electron chi connectivity index (χ2n) is 4.80. The van der Waals surface area contributed by atoms with Crippen LogP contribution in [0.3, 0.4) is 0 Å². The Bertz CT molecular complexity index is 589. The molecule has 1 atom stereocenters. The summed E-state index contributed by atoms with van der Waals surface area (Å²) >= 11 is 5.09. The normalized spacial score (nSPS) is 20.2. The predicted octanol–water partition coefficient (Wildman–Crippen LogP) is 3.19. The third kappa shape index (κ3) is 3.25. The standard InChI is InChI=1S/C14H15BrFN3S/c15-13-8-18-14(20-13)9-19-5-4-17-7-12(19)10-2-1-3-11(16)6-10/h1-3,6,8,12,17H,4-5,7,9H2. The number of piperazine rings is 1. The van der Waals surface area contributed by atoms with Gasteiger partial charge in [0.05, 0.1) is 16.5 Å². The van der Waals surface area contributed by atoms with E-state index >= 15 is 0 Å². The molecule has 1 aliphatic heterocycles. The molecule has 2 heterocycles. The molecule has 1 aromatic heterocycles. The van der Waals surface area contributed by atoms with E-state index in [1.807, 2.05) is 12.3 Å². The third-order valence-electron chi connectivity index (χ3n) is 3.45. The molecule has 1 aliphatic rings. The minimum absolute atomic E-state index is 0.176. The number of benzene rings is 1. The van der Waals surface area contributed by atoms with E-state index in [2.05, 4.69) is 31.1 Å². The molecule has 6 heteroatoms. The number of hydrogen-bond donors (Lipinski definition) is 1. The van der Waals surface area contributed by atoms with E-state index in [9.17, 15) is 4.39 Å². The van der Waals surface area contributed by atoms with E-state index in [0.717, 1.165) is 40.5 Å². The maximum atomic E-state index is 13.4. The van der Waals surface area contributed by atoms with Crippen LogP contribution in [0.5, 0.6) is 0 Å². The van der Waals surface area contributed by atoms with Crippen LogP contribution >= 0.6 is 27.3 Å². The van der Waals surface area contributed by atoms with Crippen molar-refractivity contribution in [2.75, 3.05) is 19.6 Å². The lowest BCUT2D eigenvalue weighted by Crippen LogP contribution is -2.45. The fourth-order valence-electron chi connectivity index (χ4n) is 2.51. The number of nitrogens with one attached hydrogen (secondary N) is 1. The molecule has 1 N–H and O–H groups in total. The van der Waals surface area contributed by atoms with Crippen molar-refractivity contribution in [2.24, 2.45) is 0 Å². The highest BCUT2D eigenvalue weighted by Gasteiger charge is 2.24. The molecule has 0 bridgehead atoms. The highest BCUT2D eigenvalue weighted by atomic mass is 79.9. The molecule has 0 radical (unpaired) electrons. The Hall–Kier alpha value is -0.820. The van der Waals surface area contributed by atoms with E-state index < -0.39 is 0 Å². The molecule has 3 rings (SSSR count). The fourth-order valence-corrected chi connectivity index (χ4v) is 3.84. The van der Waals surface area contributed by atoms with Gasteiger partial charge in [0.1, 0.15) is 10.8 Å². The topological polar surface area (TPSA) is 28.2 Å². The third-order valence-corrected chi connectivity index (χ3v) is 4.91. The lowest BCUT2D eigenvalue weighted by atomic mass is 10.0. The lowest BCUT2D eigenvalue weighted by Gasteiger charge is -2.36. The quantitative estimate of drug-likeness (QED) is 0.916. The molecule has 1 saturated heterocycles. The minimum Gasteiger partial charge on any atom is -0.314 e. The molecule has 0 saturated carbocycles. The van der Waals surface area contributed by atoms with Gasteiger partial charge in [-0.15, -0.1) is 11.3 Å². The molecule has 0 amide bonds. The Kier molecular flexibility index (Phi) is 4.45. The van der Waals surface area contributed by atoms with Crippen LogP contribution in [-0.4, -0.2) is 29.5 Å². The van der Waals surface area contributed by atoms with Crippen molar-refractivity contribution in [2.45, 2.75) is 12.6 Å². The maximum Gasteiger partial charge on any atom is 0.123 e. The highest BCUT2D eigenvalue weighted by Crippen LogP contribution is 2.27. The molecule has 0 aliphatic carbocycles. The zero-order valence-electron chi connectivity index (χ0n) is 10.9. The first-order valence-corrected chi connectivity index (χ1v) is 8.14. The van der Waals surface area contributed by atoms with Crippen molar-refractivity contribution in [1.29, 1.82) is 0 Å². The van der Waals surface area contributed by atoms with Gasteiger partial charge in [0.15, 0.2) is 0 Å². The smallest absolute Gasteiger partial charge is 0.123 e. The van der Waals surface area contributed by atoms with Crippen molar-refractivity contribution in [3.8, 4) is 0 Å². The molecule has 1 unspecified atom stereocenters. The molecule has 0 spiro atoms. The summed E-state index contributed by atoms with van der Waals surface area (Å²) in [5.41, 5.74) is 1.02. The average molecular weight is 356 g/mol. The fraction of sp³-hybridized carbons (Fsp3) is 0.357. The number of aromatic nitrogens is 1.